The van der Waals surface area contributed by atoms with Crippen LogP contribution in [0.1, 0.15) is 20.3 Å². The second kappa shape index (κ2) is 6.20. The summed E-state index contributed by atoms with van der Waals surface area (Å²) in [6.07, 6.45) is 0.670. The highest BCUT2D eigenvalue weighted by Crippen LogP contribution is 2.12. The number of aliphatic hydroxyl groups excluding tert-OH is 1. The molecule has 5 heteroatoms. The summed E-state index contributed by atoms with van der Waals surface area (Å²) >= 11 is 2.20. The molecular formula is C12H17IN2O2. The molecule has 1 unspecified atom stereocenters. The van der Waals surface area contributed by atoms with E-state index in [9.17, 15) is 9.90 Å². The Morgan fingerprint density at radius 3 is 2.47 bits per heavy atom. The summed E-state index contributed by atoms with van der Waals surface area (Å²) in [4.78, 5) is 11.7. The predicted octanol–water partition coefficient (Wildman–Crippen LogP) is 2.57. The zero-order chi connectivity index (χ0) is 12.9. The van der Waals surface area contributed by atoms with Gasteiger partial charge in [0.05, 0.1) is 12.1 Å². The van der Waals surface area contributed by atoms with Gasteiger partial charge in [0.1, 0.15) is 0 Å². The van der Waals surface area contributed by atoms with Gasteiger partial charge in [-0.15, -0.1) is 0 Å². The molecule has 0 saturated heterocycles. The maximum Gasteiger partial charge on any atom is 0.319 e. The average Bonchev–Trinajstić information content (AvgIpc) is 2.32. The third-order valence-electron chi connectivity index (χ3n) is 2.65. The maximum atomic E-state index is 11.7. The molecule has 3 N–H and O–H groups in total. The highest BCUT2D eigenvalue weighted by molar-refractivity contribution is 14.1. The van der Waals surface area contributed by atoms with E-state index in [4.69, 9.17) is 0 Å². The predicted molar refractivity (Wildman–Crippen MR) is 77.1 cm³/mol. The number of aliphatic hydroxyl groups is 1. The van der Waals surface area contributed by atoms with Crippen molar-refractivity contribution in [2.24, 2.45) is 0 Å². The molecule has 1 atom stereocenters. The molecule has 0 aromatic heterocycles. The van der Waals surface area contributed by atoms with Crippen LogP contribution in [0.2, 0.25) is 0 Å². The molecule has 0 radical (unpaired) electrons. The van der Waals surface area contributed by atoms with E-state index in [1.54, 1.807) is 6.92 Å². The van der Waals surface area contributed by atoms with Gasteiger partial charge in [-0.1, -0.05) is 6.92 Å². The third-order valence-corrected chi connectivity index (χ3v) is 3.37. The van der Waals surface area contributed by atoms with Gasteiger partial charge in [0.15, 0.2) is 0 Å². The van der Waals surface area contributed by atoms with Crippen LogP contribution in [0, 0.1) is 3.57 Å². The number of carbonyl (C=O) groups is 1. The number of hydrogen-bond donors (Lipinski definition) is 3. The van der Waals surface area contributed by atoms with Crippen LogP contribution in [-0.2, 0) is 0 Å². The summed E-state index contributed by atoms with van der Waals surface area (Å²) in [7, 11) is 0. The lowest BCUT2D eigenvalue weighted by Gasteiger charge is -2.27. The number of nitrogens with one attached hydrogen (secondary N) is 2. The zero-order valence-corrected chi connectivity index (χ0v) is 12.1. The van der Waals surface area contributed by atoms with E-state index in [-0.39, 0.29) is 12.6 Å². The van der Waals surface area contributed by atoms with Gasteiger partial charge in [0.25, 0.3) is 0 Å². The highest BCUT2D eigenvalue weighted by Gasteiger charge is 2.22. The van der Waals surface area contributed by atoms with Crippen molar-refractivity contribution >= 4 is 34.3 Å². The molecule has 0 aliphatic heterocycles. The van der Waals surface area contributed by atoms with E-state index in [0.29, 0.717) is 6.42 Å². The van der Waals surface area contributed by atoms with E-state index in [2.05, 4.69) is 33.2 Å². The first kappa shape index (κ1) is 14.2. The maximum absolute atomic E-state index is 11.7. The third kappa shape index (κ3) is 4.51. The second-order valence-electron chi connectivity index (χ2n) is 4.16. The van der Waals surface area contributed by atoms with E-state index < -0.39 is 5.54 Å². The Bertz CT molecular complexity index is 375. The lowest BCUT2D eigenvalue weighted by atomic mass is 10.0. The Balaban J connectivity index is 2.58. The Hall–Kier alpha value is -0.820. The minimum absolute atomic E-state index is 0.0798. The molecule has 0 spiro atoms. The molecule has 0 bridgehead atoms. The second-order valence-corrected chi connectivity index (χ2v) is 5.40. The highest BCUT2D eigenvalue weighted by atomic mass is 127. The van der Waals surface area contributed by atoms with Crippen molar-refractivity contribution in [2.45, 2.75) is 25.8 Å². The smallest absolute Gasteiger partial charge is 0.319 e. The molecule has 4 nitrogen and oxygen atoms in total. The van der Waals surface area contributed by atoms with Crippen molar-refractivity contribution in [2.75, 3.05) is 11.9 Å². The fraction of sp³-hybridized carbons (Fsp3) is 0.417. The summed E-state index contributed by atoms with van der Waals surface area (Å²) in [5.74, 6) is 0. The van der Waals surface area contributed by atoms with Crippen LogP contribution in [0.15, 0.2) is 24.3 Å². The number of benzene rings is 1. The normalized spacial score (nSPS) is 13.9. The number of halogens is 1. The van der Waals surface area contributed by atoms with Crippen LogP contribution in [0.4, 0.5) is 10.5 Å². The minimum Gasteiger partial charge on any atom is -0.394 e. The SMILES string of the molecule is CCC(C)(CO)NC(=O)Nc1ccc(I)cc1. The van der Waals surface area contributed by atoms with Gasteiger partial charge < -0.3 is 15.7 Å². The van der Waals surface area contributed by atoms with Crippen molar-refractivity contribution in [3.05, 3.63) is 27.8 Å². The number of amides is 2. The topological polar surface area (TPSA) is 61.4 Å². The number of carbonyl (C=O) groups excluding carboxylic acids is 1. The molecule has 94 valence electrons. The molecular weight excluding hydrogens is 331 g/mol. The number of hydrogen-bond acceptors (Lipinski definition) is 2. The van der Waals surface area contributed by atoms with Gasteiger partial charge in [0, 0.05) is 9.26 Å². The molecule has 17 heavy (non-hydrogen) atoms. The molecule has 0 aliphatic carbocycles. The van der Waals surface area contributed by atoms with Crippen molar-refractivity contribution in [1.29, 1.82) is 0 Å². The van der Waals surface area contributed by atoms with E-state index in [1.165, 1.54) is 0 Å². The van der Waals surface area contributed by atoms with Crippen LogP contribution < -0.4 is 10.6 Å². The minimum atomic E-state index is -0.576. The molecule has 0 fully saturated rings. The van der Waals surface area contributed by atoms with Crippen LogP contribution in [-0.4, -0.2) is 23.3 Å². The monoisotopic (exact) mass is 348 g/mol. The average molecular weight is 348 g/mol. The van der Waals surface area contributed by atoms with Gasteiger partial charge >= 0.3 is 6.03 Å². The van der Waals surface area contributed by atoms with Gasteiger partial charge in [-0.2, -0.15) is 0 Å². The van der Waals surface area contributed by atoms with Crippen LogP contribution in [0.5, 0.6) is 0 Å². The molecule has 0 heterocycles. The Morgan fingerprint density at radius 1 is 1.41 bits per heavy atom. The molecule has 1 rings (SSSR count). The lowest BCUT2D eigenvalue weighted by molar-refractivity contribution is 0.172. The summed E-state index contributed by atoms with van der Waals surface area (Å²) in [5, 5.41) is 14.7. The van der Waals surface area contributed by atoms with E-state index in [0.717, 1.165) is 9.26 Å². The quantitative estimate of drug-likeness (QED) is 0.733. The van der Waals surface area contributed by atoms with Crippen molar-refractivity contribution in [1.82, 2.24) is 5.32 Å². The van der Waals surface area contributed by atoms with Crippen molar-refractivity contribution < 1.29 is 9.90 Å². The van der Waals surface area contributed by atoms with Crippen molar-refractivity contribution in [3.63, 3.8) is 0 Å². The van der Waals surface area contributed by atoms with Gasteiger partial charge in [-0.05, 0) is 60.2 Å². The molecule has 0 aliphatic rings. The first-order valence-corrected chi connectivity index (χ1v) is 6.52. The number of urea groups is 1. The van der Waals surface area contributed by atoms with Gasteiger partial charge in [0.2, 0.25) is 0 Å². The Kier molecular flexibility index (Phi) is 5.20. The Labute approximate surface area is 115 Å². The summed E-state index contributed by atoms with van der Waals surface area (Å²) in [5.41, 5.74) is 0.159. The number of anilines is 1. The van der Waals surface area contributed by atoms with Gasteiger partial charge in [-0.25, -0.2) is 4.79 Å². The Morgan fingerprint density at radius 2 is 2.00 bits per heavy atom. The first-order valence-electron chi connectivity index (χ1n) is 5.44. The van der Waals surface area contributed by atoms with E-state index in [1.807, 2.05) is 31.2 Å². The van der Waals surface area contributed by atoms with Gasteiger partial charge in [-0.3, -0.25) is 0 Å². The van der Waals surface area contributed by atoms with Crippen LogP contribution >= 0.6 is 22.6 Å². The van der Waals surface area contributed by atoms with Crippen LogP contribution in [0.25, 0.3) is 0 Å². The fourth-order valence-corrected chi connectivity index (χ4v) is 1.57. The van der Waals surface area contributed by atoms with Crippen LogP contribution in [0.3, 0.4) is 0 Å². The summed E-state index contributed by atoms with van der Waals surface area (Å²) < 4.78 is 1.11. The molecule has 0 saturated carbocycles. The first-order chi connectivity index (χ1) is 7.99. The van der Waals surface area contributed by atoms with Crippen molar-refractivity contribution in [3.8, 4) is 0 Å². The number of rotatable bonds is 4. The van der Waals surface area contributed by atoms with E-state index >= 15 is 0 Å². The molecule has 1 aromatic rings. The standard InChI is InChI=1S/C12H17IN2O2/c1-3-12(2,8-16)15-11(17)14-10-6-4-9(13)5-7-10/h4-7,16H,3,8H2,1-2H3,(H2,14,15,17). The zero-order valence-electron chi connectivity index (χ0n) is 9.96. The molecule has 1 aromatic carbocycles. The largest absolute Gasteiger partial charge is 0.394 e. The fourth-order valence-electron chi connectivity index (χ4n) is 1.21. The summed E-state index contributed by atoms with van der Waals surface area (Å²) in [6, 6.07) is 7.21. The summed E-state index contributed by atoms with van der Waals surface area (Å²) in [6.45, 7) is 3.64. The molecule has 2 amide bonds. The lowest BCUT2D eigenvalue weighted by Crippen LogP contribution is -2.50.